The van der Waals surface area contributed by atoms with Crippen molar-refractivity contribution < 1.29 is 9.18 Å². The fraction of sp³-hybridized carbons (Fsp3) is 0.333. The normalized spacial score (nSPS) is 27.9. The second-order valence-electron chi connectivity index (χ2n) is 8.91. The number of rotatable bonds is 4. The minimum atomic E-state index is -0.681. The maximum atomic E-state index is 14.6. The molecule has 0 bridgehead atoms. The summed E-state index contributed by atoms with van der Waals surface area (Å²) in [7, 11) is 0. The maximum absolute atomic E-state index is 14.6. The van der Waals surface area contributed by atoms with Crippen LogP contribution >= 0.6 is 0 Å². The van der Waals surface area contributed by atoms with Crippen LogP contribution in [0.3, 0.4) is 0 Å². The van der Waals surface area contributed by atoms with E-state index in [0.29, 0.717) is 25.5 Å². The lowest BCUT2D eigenvalue weighted by Gasteiger charge is -2.41. The van der Waals surface area contributed by atoms with Gasteiger partial charge in [-0.25, -0.2) is 9.18 Å². The van der Waals surface area contributed by atoms with Crippen LogP contribution in [-0.4, -0.2) is 55.0 Å². The van der Waals surface area contributed by atoms with Gasteiger partial charge in [0.2, 0.25) is 0 Å². The van der Waals surface area contributed by atoms with E-state index in [9.17, 15) is 9.18 Å². The number of carbonyl (C=O) groups is 1. The monoisotopic (exact) mass is 464 g/mol. The van der Waals surface area contributed by atoms with Gasteiger partial charge in [0.25, 0.3) is 0 Å². The van der Waals surface area contributed by atoms with E-state index in [1.807, 2.05) is 48.7 Å². The Bertz CT molecular complexity index is 1110. The van der Waals surface area contributed by atoms with Gasteiger partial charge in [-0.1, -0.05) is 24.3 Å². The third-order valence-electron chi connectivity index (χ3n) is 6.33. The van der Waals surface area contributed by atoms with Crippen molar-refractivity contribution in [2.75, 3.05) is 31.5 Å². The van der Waals surface area contributed by atoms with E-state index in [2.05, 4.69) is 31.6 Å². The minimum absolute atomic E-state index is 0.0619. The molecule has 9 nitrogen and oxygen atoms in total. The first-order chi connectivity index (χ1) is 16.5. The third kappa shape index (κ3) is 4.62. The van der Waals surface area contributed by atoms with Crippen LogP contribution in [0.1, 0.15) is 12.8 Å². The Morgan fingerprint density at radius 2 is 2.18 bits per heavy atom. The summed E-state index contributed by atoms with van der Waals surface area (Å²) in [5, 5.41) is 15.5. The summed E-state index contributed by atoms with van der Waals surface area (Å²) < 4.78 is 14.6. The standard InChI is InChI=1S/C24H29FN8O/c25-19-13-29-21(18-12-28-20-17(18)8-4-10-27-20)32-22(19)30-14-24(26)9-5-11-33(15-24)23(34)31-16-6-2-1-3-7-16/h1-4,6-8,10,12,20,27,29-30,32H,5,9,11,13-15,26H2,(H,31,34)/t20?,24-/m0/s1. The smallest absolute Gasteiger partial charge is 0.321 e. The average molecular weight is 465 g/mol. The molecule has 7 N–H and O–H groups in total. The number of halogens is 1. The number of nitrogens with one attached hydrogen (secondary N) is 5. The van der Waals surface area contributed by atoms with Gasteiger partial charge in [0, 0.05) is 42.7 Å². The van der Waals surface area contributed by atoms with Gasteiger partial charge < -0.3 is 37.2 Å². The first-order valence-electron chi connectivity index (χ1n) is 11.4. The van der Waals surface area contributed by atoms with Crippen LogP contribution in [0.25, 0.3) is 0 Å². The van der Waals surface area contributed by atoms with Gasteiger partial charge in [-0.05, 0) is 37.3 Å². The third-order valence-corrected chi connectivity index (χ3v) is 6.33. The number of carbonyl (C=O) groups excluding carboxylic acids is 1. The molecule has 1 unspecified atom stereocenters. The van der Waals surface area contributed by atoms with E-state index >= 15 is 0 Å². The van der Waals surface area contributed by atoms with Crippen molar-refractivity contribution in [3.8, 4) is 0 Å². The van der Waals surface area contributed by atoms with Gasteiger partial charge in [-0.2, -0.15) is 0 Å². The molecule has 0 aromatic heterocycles. The molecule has 4 aliphatic heterocycles. The number of urea groups is 1. The summed E-state index contributed by atoms with van der Waals surface area (Å²) in [6.07, 6.45) is 8.93. The first-order valence-corrected chi connectivity index (χ1v) is 11.4. The van der Waals surface area contributed by atoms with Crippen molar-refractivity contribution in [2.24, 2.45) is 10.7 Å². The number of anilines is 1. The van der Waals surface area contributed by atoms with E-state index in [-0.39, 0.29) is 30.4 Å². The number of amides is 2. The zero-order valence-electron chi connectivity index (χ0n) is 18.8. The Morgan fingerprint density at radius 3 is 3.03 bits per heavy atom. The van der Waals surface area contributed by atoms with Crippen molar-refractivity contribution in [1.82, 2.24) is 26.2 Å². The highest BCUT2D eigenvalue weighted by Crippen LogP contribution is 2.26. The number of hydrogen-bond donors (Lipinski definition) is 6. The number of hydrogen-bond acceptors (Lipinski definition) is 7. The van der Waals surface area contributed by atoms with Crippen LogP contribution in [0.2, 0.25) is 0 Å². The molecule has 4 aliphatic rings. The average Bonchev–Trinajstić information content (AvgIpc) is 3.28. The fourth-order valence-corrected chi connectivity index (χ4v) is 4.53. The number of benzene rings is 1. The zero-order valence-corrected chi connectivity index (χ0v) is 18.8. The lowest BCUT2D eigenvalue weighted by Crippen LogP contribution is -2.61. The number of aliphatic imine (C=N–C) groups is 1. The molecule has 178 valence electrons. The molecule has 1 saturated heterocycles. The van der Waals surface area contributed by atoms with E-state index < -0.39 is 5.54 Å². The number of para-hydroxylation sites is 1. The molecule has 2 amide bonds. The first kappa shape index (κ1) is 22.0. The number of fused-ring (bicyclic) bond motifs is 1. The number of nitrogens with two attached hydrogens (primary N) is 1. The predicted octanol–water partition coefficient (Wildman–Crippen LogP) is 1.60. The molecular formula is C24H29FN8O. The predicted molar refractivity (Wildman–Crippen MR) is 130 cm³/mol. The van der Waals surface area contributed by atoms with Crippen molar-refractivity contribution in [3.63, 3.8) is 0 Å². The molecule has 1 aromatic rings. The second kappa shape index (κ2) is 9.22. The Hall–Kier alpha value is -3.79. The van der Waals surface area contributed by atoms with Gasteiger partial charge in [-0.3, -0.25) is 4.99 Å². The SMILES string of the molecule is N[C@]1(CNC2=C(F)CNC(=C3C=NC4NC=CC=C34)N2)CCCN(C(=O)Nc2ccccc2)C1. The molecule has 0 saturated carbocycles. The Balaban J connectivity index is 1.22. The highest BCUT2D eigenvalue weighted by Gasteiger charge is 2.35. The molecule has 0 spiro atoms. The highest BCUT2D eigenvalue weighted by atomic mass is 19.1. The quantitative estimate of drug-likeness (QED) is 0.403. The molecule has 4 heterocycles. The Morgan fingerprint density at radius 1 is 1.32 bits per heavy atom. The number of nitrogens with zero attached hydrogens (tertiary/aromatic N) is 2. The Kier molecular flexibility index (Phi) is 5.97. The highest BCUT2D eigenvalue weighted by molar-refractivity contribution is 5.90. The summed E-state index contributed by atoms with van der Waals surface area (Å²) in [6.45, 7) is 1.39. The lowest BCUT2D eigenvalue weighted by atomic mass is 9.90. The molecular weight excluding hydrogens is 435 g/mol. The molecule has 2 atom stereocenters. The van der Waals surface area contributed by atoms with Gasteiger partial charge in [0.1, 0.15) is 17.8 Å². The zero-order chi connectivity index (χ0) is 23.5. The summed E-state index contributed by atoms with van der Waals surface area (Å²) in [5.74, 6) is 0.648. The minimum Gasteiger partial charge on any atom is -0.367 e. The second-order valence-corrected chi connectivity index (χ2v) is 8.91. The van der Waals surface area contributed by atoms with Gasteiger partial charge in [-0.15, -0.1) is 0 Å². The summed E-state index contributed by atoms with van der Waals surface area (Å²) in [5.41, 5.74) is 8.62. The number of allylic oxidation sites excluding steroid dienone is 2. The van der Waals surface area contributed by atoms with Crippen LogP contribution in [0.15, 0.2) is 82.3 Å². The van der Waals surface area contributed by atoms with E-state index in [0.717, 1.165) is 29.7 Å². The summed E-state index contributed by atoms with van der Waals surface area (Å²) >= 11 is 0. The van der Waals surface area contributed by atoms with Gasteiger partial charge in [0.15, 0.2) is 5.83 Å². The van der Waals surface area contributed by atoms with E-state index in [1.165, 1.54) is 0 Å². The van der Waals surface area contributed by atoms with Crippen LogP contribution in [-0.2, 0) is 0 Å². The number of likely N-dealkylation sites (tertiary alicyclic amines) is 1. The number of dihydropyridines is 1. The van der Waals surface area contributed by atoms with Crippen molar-refractivity contribution >= 4 is 17.9 Å². The Labute approximate surface area is 197 Å². The van der Waals surface area contributed by atoms with Crippen LogP contribution in [0.5, 0.6) is 0 Å². The molecule has 34 heavy (non-hydrogen) atoms. The van der Waals surface area contributed by atoms with Crippen molar-refractivity contribution in [1.29, 1.82) is 0 Å². The van der Waals surface area contributed by atoms with Crippen molar-refractivity contribution in [3.05, 3.63) is 77.3 Å². The molecule has 5 rings (SSSR count). The lowest BCUT2D eigenvalue weighted by molar-refractivity contribution is 0.161. The molecule has 1 aromatic carbocycles. The molecule has 10 heteroatoms. The summed E-state index contributed by atoms with van der Waals surface area (Å²) in [6, 6.07) is 9.14. The fourth-order valence-electron chi connectivity index (χ4n) is 4.53. The maximum Gasteiger partial charge on any atom is 0.321 e. The van der Waals surface area contributed by atoms with E-state index in [4.69, 9.17) is 5.73 Å². The van der Waals surface area contributed by atoms with Gasteiger partial charge in [0.05, 0.1) is 12.1 Å². The number of piperidine rings is 1. The summed E-state index contributed by atoms with van der Waals surface area (Å²) in [4.78, 5) is 18.9. The molecule has 1 fully saturated rings. The van der Waals surface area contributed by atoms with Crippen molar-refractivity contribution in [2.45, 2.75) is 24.5 Å². The molecule has 0 radical (unpaired) electrons. The topological polar surface area (TPSA) is 119 Å². The van der Waals surface area contributed by atoms with Crippen LogP contribution < -0.4 is 32.3 Å². The van der Waals surface area contributed by atoms with Crippen LogP contribution in [0.4, 0.5) is 14.9 Å². The van der Waals surface area contributed by atoms with E-state index in [1.54, 1.807) is 11.1 Å². The largest absolute Gasteiger partial charge is 0.367 e. The molecule has 0 aliphatic carbocycles. The van der Waals surface area contributed by atoms with Crippen LogP contribution in [0, 0.1) is 0 Å². The van der Waals surface area contributed by atoms with Gasteiger partial charge >= 0.3 is 6.03 Å².